The van der Waals surface area contributed by atoms with Gasteiger partial charge in [-0.05, 0) is 80.0 Å². The first-order valence-corrected chi connectivity index (χ1v) is 17.6. The Labute approximate surface area is 304 Å². The summed E-state index contributed by atoms with van der Waals surface area (Å²) >= 11 is 0. The summed E-state index contributed by atoms with van der Waals surface area (Å²) in [6.07, 6.45) is 8.43. The number of benzene rings is 3. The van der Waals surface area contributed by atoms with Crippen LogP contribution in [-0.4, -0.2) is 66.4 Å². The van der Waals surface area contributed by atoms with E-state index < -0.39 is 23.7 Å². The summed E-state index contributed by atoms with van der Waals surface area (Å²) in [5, 5.41) is 27.7. The zero-order valence-corrected chi connectivity index (χ0v) is 30.5. The average Bonchev–Trinajstić information content (AvgIpc) is 3.44. The number of ketones is 1. The van der Waals surface area contributed by atoms with Crippen molar-refractivity contribution in [1.29, 1.82) is 0 Å². The molecule has 2 atom stereocenters. The highest BCUT2D eigenvalue weighted by Gasteiger charge is 2.32. The summed E-state index contributed by atoms with van der Waals surface area (Å²) < 4.78 is 24.6. The van der Waals surface area contributed by atoms with Crippen LogP contribution in [0.5, 0.6) is 28.7 Å². The van der Waals surface area contributed by atoms with Crippen LogP contribution in [0.2, 0.25) is 0 Å². The van der Waals surface area contributed by atoms with Crippen LogP contribution in [0.1, 0.15) is 90.4 Å². The maximum absolute atomic E-state index is 13.8. The highest BCUT2D eigenvalue weighted by molar-refractivity contribution is 5.98. The van der Waals surface area contributed by atoms with Gasteiger partial charge < -0.3 is 39.0 Å². The van der Waals surface area contributed by atoms with Gasteiger partial charge in [-0.3, -0.25) is 9.59 Å². The first kappa shape index (κ1) is 37.8. The first-order chi connectivity index (χ1) is 25.1. The number of allylic oxidation sites excluding steroid dienone is 1. The molecule has 0 aliphatic carbocycles. The number of para-hydroxylation sites is 1. The van der Waals surface area contributed by atoms with Crippen LogP contribution in [0, 0.1) is 0 Å². The molecule has 0 saturated carbocycles. The molecule has 276 valence electrons. The van der Waals surface area contributed by atoms with E-state index in [4.69, 9.17) is 18.9 Å². The largest absolute Gasteiger partial charge is 0.507 e. The Balaban J connectivity index is 1.55. The number of nitrogens with zero attached hydrogens (tertiary/aromatic N) is 1. The summed E-state index contributed by atoms with van der Waals surface area (Å²) in [6, 6.07) is 12.8. The summed E-state index contributed by atoms with van der Waals surface area (Å²) in [5.74, 6) is -1.79. The van der Waals surface area contributed by atoms with Crippen LogP contribution in [0.15, 0.2) is 54.7 Å². The van der Waals surface area contributed by atoms with Gasteiger partial charge >= 0.3 is 5.97 Å². The summed E-state index contributed by atoms with van der Waals surface area (Å²) in [4.78, 5) is 39.8. The normalized spacial score (nSPS) is 16.7. The fourth-order valence-corrected chi connectivity index (χ4v) is 6.93. The fraction of sp³-hybridized carbons (Fsp3) is 0.390. The van der Waals surface area contributed by atoms with E-state index in [1.165, 1.54) is 27.4 Å². The lowest BCUT2D eigenvalue weighted by Gasteiger charge is -2.24. The van der Waals surface area contributed by atoms with Crippen molar-refractivity contribution >= 4 is 34.6 Å². The molecule has 1 aliphatic heterocycles. The molecule has 1 aliphatic rings. The zero-order chi connectivity index (χ0) is 37.4. The molecule has 0 saturated heterocycles. The lowest BCUT2D eigenvalue weighted by atomic mass is 9.84. The molecule has 4 aromatic rings. The van der Waals surface area contributed by atoms with Crippen molar-refractivity contribution in [1.82, 2.24) is 9.88 Å². The number of cyclic esters (lactones) is 1. The van der Waals surface area contributed by atoms with Gasteiger partial charge in [-0.1, -0.05) is 30.4 Å². The number of hydrogen-bond donors (Lipinski definition) is 3. The minimum atomic E-state index is -0.968. The smallest absolute Gasteiger partial charge is 0.342 e. The van der Waals surface area contributed by atoms with E-state index in [0.29, 0.717) is 74.3 Å². The third-order valence-corrected chi connectivity index (χ3v) is 9.57. The minimum absolute atomic E-state index is 0.0260. The first-order valence-electron chi connectivity index (χ1n) is 17.6. The number of fused-ring (bicyclic) bond motifs is 2. The molecule has 0 bridgehead atoms. The third kappa shape index (κ3) is 8.53. The standard InChI is InChI=1S/C41H48N2O9/c1-25-12-11-15-29(44)14-8-6-7-13-26-20-33(45)38(39(47)37(26)41(48)52-25)31(28-21-34(49-3)40(51-5)35(22-28)50-4)23-36(46)42-19-18-27-24-43(2)32-17-10-9-16-30(27)32/h7,9-10,13,16-17,20-22,24-25,31,45,47H,6,8,11-12,14-15,18-19,23H2,1-5H3,(H,42,46)/b13-7+/t25-,31?/m0/s1. The predicted molar refractivity (Wildman–Crippen MR) is 199 cm³/mol. The number of amides is 1. The van der Waals surface area contributed by atoms with Gasteiger partial charge in [0.25, 0.3) is 0 Å². The predicted octanol–water partition coefficient (Wildman–Crippen LogP) is 6.98. The minimum Gasteiger partial charge on any atom is -0.507 e. The number of phenolic OH excluding ortho intramolecular Hbond substituents is 2. The van der Waals surface area contributed by atoms with E-state index in [-0.39, 0.29) is 40.6 Å². The molecule has 0 radical (unpaired) electrons. The van der Waals surface area contributed by atoms with Crippen molar-refractivity contribution < 1.29 is 43.5 Å². The van der Waals surface area contributed by atoms with Crippen LogP contribution in [0.4, 0.5) is 0 Å². The third-order valence-electron chi connectivity index (χ3n) is 9.57. The Bertz CT molecular complexity index is 1940. The van der Waals surface area contributed by atoms with E-state index in [1.807, 2.05) is 25.2 Å². The molecule has 2 heterocycles. The lowest BCUT2D eigenvalue weighted by Crippen LogP contribution is -2.27. The van der Waals surface area contributed by atoms with E-state index in [1.54, 1.807) is 31.2 Å². The zero-order valence-electron chi connectivity index (χ0n) is 30.5. The Morgan fingerprint density at radius 2 is 1.73 bits per heavy atom. The molecule has 1 unspecified atom stereocenters. The number of aromatic nitrogens is 1. The number of Topliss-reactive ketones (excluding diaryl/α,β-unsaturated/α-hetero) is 1. The quantitative estimate of drug-likeness (QED) is 0.148. The number of carbonyl (C=O) groups is 3. The van der Waals surface area contributed by atoms with Gasteiger partial charge in [0.2, 0.25) is 11.7 Å². The van der Waals surface area contributed by atoms with E-state index >= 15 is 0 Å². The van der Waals surface area contributed by atoms with Crippen LogP contribution >= 0.6 is 0 Å². The number of phenols is 2. The van der Waals surface area contributed by atoms with Crippen molar-refractivity contribution in [2.24, 2.45) is 7.05 Å². The molecule has 52 heavy (non-hydrogen) atoms. The second-order valence-electron chi connectivity index (χ2n) is 13.2. The SMILES string of the molecule is COc1cc(C(CC(=O)NCCc2cn(C)c3ccccc23)c2c(O)cc3c(c2O)C(=O)O[C@@H](C)CCCC(=O)CCC/C=C/3)cc(OC)c1OC. The molecule has 11 heteroatoms. The van der Waals surface area contributed by atoms with Gasteiger partial charge in [0.05, 0.1) is 27.4 Å². The topological polar surface area (TPSA) is 146 Å². The van der Waals surface area contributed by atoms with E-state index in [0.717, 1.165) is 16.5 Å². The number of ether oxygens (including phenoxy) is 4. The lowest BCUT2D eigenvalue weighted by molar-refractivity contribution is -0.121. The molecule has 3 N–H and O–H groups in total. The summed E-state index contributed by atoms with van der Waals surface area (Å²) in [7, 11) is 6.40. The van der Waals surface area contributed by atoms with Crippen LogP contribution in [0.25, 0.3) is 17.0 Å². The molecule has 11 nitrogen and oxygen atoms in total. The second-order valence-corrected chi connectivity index (χ2v) is 13.2. The van der Waals surface area contributed by atoms with Crippen molar-refractivity contribution in [3.05, 3.63) is 82.6 Å². The maximum Gasteiger partial charge on any atom is 0.342 e. The molecule has 0 spiro atoms. The van der Waals surface area contributed by atoms with Gasteiger partial charge in [-0.25, -0.2) is 4.79 Å². The van der Waals surface area contributed by atoms with Crippen LogP contribution < -0.4 is 19.5 Å². The van der Waals surface area contributed by atoms with Crippen LogP contribution in [0.3, 0.4) is 0 Å². The van der Waals surface area contributed by atoms with Crippen molar-refractivity contribution in [2.45, 2.75) is 70.3 Å². The molecule has 0 fully saturated rings. The van der Waals surface area contributed by atoms with Gasteiger partial charge in [-0.15, -0.1) is 0 Å². The van der Waals surface area contributed by atoms with Gasteiger partial charge in [0, 0.05) is 61.4 Å². The Kier molecular flexibility index (Phi) is 12.5. The Morgan fingerprint density at radius 1 is 1.02 bits per heavy atom. The highest BCUT2D eigenvalue weighted by Crippen LogP contribution is 2.47. The average molecular weight is 713 g/mol. The number of esters is 1. The number of hydrogen-bond acceptors (Lipinski definition) is 9. The Morgan fingerprint density at radius 3 is 2.44 bits per heavy atom. The molecule has 5 rings (SSSR count). The molecular weight excluding hydrogens is 664 g/mol. The van der Waals surface area contributed by atoms with Gasteiger partial charge in [-0.2, -0.15) is 0 Å². The second kappa shape index (κ2) is 17.2. The highest BCUT2D eigenvalue weighted by atomic mass is 16.5. The number of nitrogens with one attached hydrogen (secondary N) is 1. The van der Waals surface area contributed by atoms with E-state index in [9.17, 15) is 24.6 Å². The van der Waals surface area contributed by atoms with E-state index in [2.05, 4.69) is 22.1 Å². The number of carbonyl (C=O) groups excluding carboxylic acids is 3. The van der Waals surface area contributed by atoms with Crippen molar-refractivity contribution in [3.63, 3.8) is 0 Å². The molecular formula is C41H48N2O9. The maximum atomic E-state index is 13.8. The number of aromatic hydroxyl groups is 2. The number of rotatable bonds is 10. The fourth-order valence-electron chi connectivity index (χ4n) is 6.93. The van der Waals surface area contributed by atoms with Crippen molar-refractivity contribution in [2.75, 3.05) is 27.9 Å². The molecule has 1 amide bonds. The van der Waals surface area contributed by atoms with Crippen LogP contribution in [-0.2, 0) is 27.8 Å². The molecule has 1 aromatic heterocycles. The summed E-state index contributed by atoms with van der Waals surface area (Å²) in [5.41, 5.74) is 2.75. The summed E-state index contributed by atoms with van der Waals surface area (Å²) in [6.45, 7) is 2.08. The number of aryl methyl sites for hydroxylation is 1. The molecule has 3 aromatic carbocycles. The van der Waals surface area contributed by atoms with Gasteiger partial charge in [0.1, 0.15) is 22.8 Å². The monoisotopic (exact) mass is 712 g/mol. The van der Waals surface area contributed by atoms with Gasteiger partial charge in [0.15, 0.2) is 11.5 Å². The van der Waals surface area contributed by atoms with Crippen molar-refractivity contribution in [3.8, 4) is 28.7 Å². The Hall–Kier alpha value is -5.45. The number of methoxy groups -OCH3 is 3.